The molecule has 31 heavy (non-hydrogen) atoms. The molecule has 8 heteroatoms. The molecule has 1 aromatic carbocycles. The molecule has 0 aliphatic heterocycles. The van der Waals surface area contributed by atoms with E-state index in [0.717, 1.165) is 16.9 Å². The smallest absolute Gasteiger partial charge is 0.251 e. The predicted octanol–water partition coefficient (Wildman–Crippen LogP) is 4.49. The molecule has 0 aliphatic rings. The minimum Gasteiger partial charge on any atom is -0.368 e. The van der Waals surface area contributed by atoms with Crippen LogP contribution in [0.25, 0.3) is 10.4 Å². The lowest BCUT2D eigenvalue weighted by molar-refractivity contribution is 0.0955. The zero-order valence-corrected chi connectivity index (χ0v) is 17.8. The van der Waals surface area contributed by atoms with Gasteiger partial charge < -0.3 is 16.0 Å². The molecule has 0 fully saturated rings. The van der Waals surface area contributed by atoms with Gasteiger partial charge in [-0.25, -0.2) is 15.0 Å². The van der Waals surface area contributed by atoms with E-state index in [1.54, 1.807) is 23.6 Å². The van der Waals surface area contributed by atoms with E-state index in [9.17, 15) is 4.79 Å². The van der Waals surface area contributed by atoms with Gasteiger partial charge in [0.05, 0.1) is 0 Å². The summed E-state index contributed by atoms with van der Waals surface area (Å²) in [5, 5.41) is 11.3. The normalized spacial score (nSPS) is 10.5. The number of hydrogen-bond acceptors (Lipinski definition) is 7. The molecule has 3 N–H and O–H groups in total. The van der Waals surface area contributed by atoms with Crippen LogP contribution in [0.3, 0.4) is 0 Å². The molecule has 3 heterocycles. The van der Waals surface area contributed by atoms with Gasteiger partial charge in [-0.3, -0.25) is 4.79 Å². The molecule has 1 amide bonds. The lowest BCUT2D eigenvalue weighted by Crippen LogP contribution is -2.28. The van der Waals surface area contributed by atoms with Crippen molar-refractivity contribution in [1.82, 2.24) is 20.3 Å². The second-order valence-electron chi connectivity index (χ2n) is 6.87. The van der Waals surface area contributed by atoms with Gasteiger partial charge in [-0.15, -0.1) is 11.3 Å². The molecule has 3 aromatic heterocycles. The molecule has 156 valence electrons. The Morgan fingerprint density at radius 3 is 2.52 bits per heavy atom. The van der Waals surface area contributed by atoms with Gasteiger partial charge >= 0.3 is 0 Å². The number of benzene rings is 1. The molecular weight excluding hydrogens is 408 g/mol. The summed E-state index contributed by atoms with van der Waals surface area (Å²) in [6.07, 6.45) is 3.23. The second kappa shape index (κ2) is 9.82. The predicted molar refractivity (Wildman–Crippen MR) is 125 cm³/mol. The quantitative estimate of drug-likeness (QED) is 0.357. The van der Waals surface area contributed by atoms with Gasteiger partial charge in [0.1, 0.15) is 23.8 Å². The molecule has 0 bridgehead atoms. The van der Waals surface area contributed by atoms with Gasteiger partial charge in [0.25, 0.3) is 5.91 Å². The highest BCUT2D eigenvalue weighted by Crippen LogP contribution is 2.24. The van der Waals surface area contributed by atoms with Crippen LogP contribution in [0.4, 0.5) is 17.5 Å². The zero-order valence-electron chi connectivity index (χ0n) is 17.0. The summed E-state index contributed by atoms with van der Waals surface area (Å²) >= 11 is 1.68. The Morgan fingerprint density at radius 2 is 1.74 bits per heavy atom. The SMILES string of the molecule is Cc1ccnc(Nc2cc(NCCNC(=O)c3ccc(-c4cccs4)cc3)ncn2)c1. The number of pyridine rings is 1. The lowest BCUT2D eigenvalue weighted by Gasteiger charge is -2.09. The van der Waals surface area contributed by atoms with Gasteiger partial charge in [0.15, 0.2) is 0 Å². The maximum Gasteiger partial charge on any atom is 0.251 e. The molecule has 0 aliphatic carbocycles. The first-order chi connectivity index (χ1) is 15.2. The van der Waals surface area contributed by atoms with Crippen LogP contribution < -0.4 is 16.0 Å². The van der Waals surface area contributed by atoms with Crippen molar-refractivity contribution in [1.29, 1.82) is 0 Å². The second-order valence-corrected chi connectivity index (χ2v) is 7.82. The fraction of sp³-hybridized carbons (Fsp3) is 0.130. The first kappa shape index (κ1) is 20.5. The zero-order chi connectivity index (χ0) is 21.5. The minimum absolute atomic E-state index is 0.102. The van der Waals surface area contributed by atoms with Crippen molar-refractivity contribution >= 4 is 34.7 Å². The Labute approximate surface area is 184 Å². The van der Waals surface area contributed by atoms with Crippen LogP contribution in [0, 0.1) is 6.92 Å². The number of carbonyl (C=O) groups is 1. The van der Waals surface area contributed by atoms with E-state index in [1.807, 2.05) is 54.8 Å². The highest BCUT2D eigenvalue weighted by Gasteiger charge is 2.06. The van der Waals surface area contributed by atoms with Gasteiger partial charge in [0, 0.05) is 35.8 Å². The largest absolute Gasteiger partial charge is 0.368 e. The van der Waals surface area contributed by atoms with Crippen molar-refractivity contribution in [3.05, 3.63) is 83.6 Å². The Morgan fingerprint density at radius 1 is 0.935 bits per heavy atom. The van der Waals surface area contributed by atoms with Crippen LogP contribution in [0.2, 0.25) is 0 Å². The van der Waals surface area contributed by atoms with E-state index in [-0.39, 0.29) is 5.91 Å². The summed E-state index contributed by atoms with van der Waals surface area (Å²) in [4.78, 5) is 26.2. The summed E-state index contributed by atoms with van der Waals surface area (Å²) in [6.45, 7) is 3.02. The Balaban J connectivity index is 1.25. The van der Waals surface area contributed by atoms with E-state index >= 15 is 0 Å². The fourth-order valence-corrected chi connectivity index (χ4v) is 3.69. The van der Waals surface area contributed by atoms with Crippen LogP contribution in [-0.4, -0.2) is 33.9 Å². The molecule has 4 rings (SSSR count). The third-order valence-electron chi connectivity index (χ3n) is 4.51. The molecule has 4 aromatic rings. The molecule has 0 unspecified atom stereocenters. The van der Waals surface area contributed by atoms with Gasteiger partial charge in [-0.05, 0) is 53.8 Å². The molecule has 0 saturated carbocycles. The third-order valence-corrected chi connectivity index (χ3v) is 5.43. The van der Waals surface area contributed by atoms with Crippen LogP contribution in [0.5, 0.6) is 0 Å². The van der Waals surface area contributed by atoms with Crippen LogP contribution in [-0.2, 0) is 0 Å². The summed E-state index contributed by atoms with van der Waals surface area (Å²) in [5.41, 5.74) is 2.86. The number of carbonyl (C=O) groups excluding carboxylic acids is 1. The number of aromatic nitrogens is 3. The highest BCUT2D eigenvalue weighted by atomic mass is 32.1. The number of rotatable bonds is 8. The van der Waals surface area contributed by atoms with Crippen molar-refractivity contribution < 1.29 is 4.79 Å². The summed E-state index contributed by atoms with van der Waals surface area (Å²) in [7, 11) is 0. The minimum atomic E-state index is -0.102. The number of thiophene rings is 1. The Kier molecular flexibility index (Phi) is 6.49. The monoisotopic (exact) mass is 430 g/mol. The van der Waals surface area contributed by atoms with Gasteiger partial charge in [-0.1, -0.05) is 18.2 Å². The van der Waals surface area contributed by atoms with Gasteiger partial charge in [0.2, 0.25) is 0 Å². The number of nitrogens with zero attached hydrogens (tertiary/aromatic N) is 3. The standard InChI is InChI=1S/C23H22N6OS/c1-16-8-9-24-21(13-16)29-22-14-20(27-15-28-22)25-10-11-26-23(30)18-6-4-17(5-7-18)19-3-2-12-31-19/h2-9,12-15H,10-11H2,1H3,(H,26,30)(H2,24,25,27,28,29). The average molecular weight is 431 g/mol. The highest BCUT2D eigenvalue weighted by molar-refractivity contribution is 7.13. The number of hydrogen-bond donors (Lipinski definition) is 3. The first-order valence-corrected chi connectivity index (χ1v) is 10.7. The van der Waals surface area contributed by atoms with E-state index < -0.39 is 0 Å². The third kappa shape index (κ3) is 5.64. The number of amides is 1. The van der Waals surface area contributed by atoms with Crippen molar-refractivity contribution in [2.75, 3.05) is 23.7 Å². The van der Waals surface area contributed by atoms with E-state index in [0.29, 0.717) is 30.3 Å². The van der Waals surface area contributed by atoms with E-state index in [4.69, 9.17) is 0 Å². The number of anilines is 3. The fourth-order valence-electron chi connectivity index (χ4n) is 2.96. The van der Waals surface area contributed by atoms with Crippen molar-refractivity contribution in [3.8, 4) is 10.4 Å². The van der Waals surface area contributed by atoms with Crippen molar-refractivity contribution in [2.45, 2.75) is 6.92 Å². The number of aryl methyl sites for hydroxylation is 1. The lowest BCUT2D eigenvalue weighted by atomic mass is 10.1. The van der Waals surface area contributed by atoms with Gasteiger partial charge in [-0.2, -0.15) is 0 Å². The van der Waals surface area contributed by atoms with Crippen LogP contribution in [0.15, 0.2) is 72.5 Å². The summed E-state index contributed by atoms with van der Waals surface area (Å²) < 4.78 is 0. The molecule has 0 saturated heterocycles. The Bertz CT molecular complexity index is 1140. The van der Waals surface area contributed by atoms with E-state index in [1.165, 1.54) is 11.2 Å². The molecule has 0 spiro atoms. The topological polar surface area (TPSA) is 91.8 Å². The molecule has 7 nitrogen and oxygen atoms in total. The molecular formula is C23H22N6OS. The Hall–Kier alpha value is -3.78. The van der Waals surface area contributed by atoms with Crippen molar-refractivity contribution in [2.24, 2.45) is 0 Å². The maximum atomic E-state index is 12.4. The van der Waals surface area contributed by atoms with Crippen LogP contribution >= 0.6 is 11.3 Å². The summed E-state index contributed by atoms with van der Waals surface area (Å²) in [5.74, 6) is 1.93. The summed E-state index contributed by atoms with van der Waals surface area (Å²) in [6, 6.07) is 17.4. The maximum absolute atomic E-state index is 12.4. The first-order valence-electron chi connectivity index (χ1n) is 9.85. The average Bonchev–Trinajstić information content (AvgIpc) is 3.32. The molecule has 0 atom stereocenters. The van der Waals surface area contributed by atoms with Crippen molar-refractivity contribution in [3.63, 3.8) is 0 Å². The van der Waals surface area contributed by atoms with E-state index in [2.05, 4.69) is 37.0 Å². The molecule has 0 radical (unpaired) electrons. The number of nitrogens with one attached hydrogen (secondary N) is 3. The van der Waals surface area contributed by atoms with Crippen LogP contribution in [0.1, 0.15) is 15.9 Å².